The van der Waals surface area contributed by atoms with Crippen LogP contribution in [0.2, 0.25) is 0 Å². The molecule has 3 N–H and O–H groups in total. The van der Waals surface area contributed by atoms with Gasteiger partial charge in [-0.1, -0.05) is 97.1 Å². The first-order valence-corrected chi connectivity index (χ1v) is 18.2. The second kappa shape index (κ2) is 11.9. The highest BCUT2D eigenvalue weighted by molar-refractivity contribution is 6.23. The summed E-state index contributed by atoms with van der Waals surface area (Å²) in [7, 11) is 0. The molecule has 0 unspecified atom stereocenters. The van der Waals surface area contributed by atoms with E-state index in [0.717, 1.165) is 74.1 Å². The fraction of sp³-hybridized carbons (Fsp3) is 0.104. The maximum absolute atomic E-state index is 9.30. The average Bonchev–Trinajstić information content (AvgIpc) is 3.54. The molecule has 4 nitrogen and oxygen atoms in total. The minimum absolute atomic E-state index is 0.516. The lowest BCUT2D eigenvalue weighted by Crippen LogP contribution is -2.20. The molecule has 2 heterocycles. The minimum atomic E-state index is 0.516. The van der Waals surface area contributed by atoms with Crippen LogP contribution in [0.5, 0.6) is 0 Å². The monoisotopic (exact) mass is 671 g/mol. The van der Waals surface area contributed by atoms with Gasteiger partial charge in [-0.15, -0.1) is 0 Å². The van der Waals surface area contributed by atoms with Crippen LogP contribution in [0.15, 0.2) is 144 Å². The number of hydrogen-bond acceptors (Lipinski definition) is 3. The summed E-state index contributed by atoms with van der Waals surface area (Å²) < 4.78 is 8.51. The number of fused-ring (bicyclic) bond motifs is 8. The lowest BCUT2D eigenvalue weighted by atomic mass is 9.85. The summed E-state index contributed by atoms with van der Waals surface area (Å²) in [6, 6.07) is 43.9. The molecule has 2 aromatic heterocycles. The van der Waals surface area contributed by atoms with E-state index in [1.165, 1.54) is 49.4 Å². The van der Waals surface area contributed by atoms with Gasteiger partial charge < -0.3 is 10.2 Å². The summed E-state index contributed by atoms with van der Waals surface area (Å²) in [6.07, 6.45) is 9.48. The van der Waals surface area contributed by atoms with E-state index in [0.29, 0.717) is 12.0 Å². The zero-order valence-corrected chi connectivity index (χ0v) is 29.0. The molecule has 52 heavy (non-hydrogen) atoms. The summed E-state index contributed by atoms with van der Waals surface area (Å²) in [5.74, 6) is 0. The van der Waals surface area contributed by atoms with Crippen LogP contribution in [0.25, 0.3) is 93.1 Å². The summed E-state index contributed by atoms with van der Waals surface area (Å²) in [6.45, 7) is 2.78. The lowest BCUT2D eigenvalue weighted by molar-refractivity contribution is 0.668. The summed E-state index contributed by atoms with van der Waals surface area (Å²) >= 11 is 0. The second-order valence-corrected chi connectivity index (χ2v) is 14.0. The van der Waals surface area contributed by atoms with Gasteiger partial charge in [0.15, 0.2) is 0 Å². The molecule has 0 atom stereocenters. The Balaban J connectivity index is 1.24. The molecule has 0 spiro atoms. The largest absolute Gasteiger partial charge is 0.456 e. The zero-order valence-electron chi connectivity index (χ0n) is 29.0. The molecule has 0 fully saturated rings. The van der Waals surface area contributed by atoms with Crippen LogP contribution in [-0.4, -0.2) is 11.1 Å². The van der Waals surface area contributed by atoms with E-state index in [4.69, 9.17) is 10.2 Å². The van der Waals surface area contributed by atoms with Crippen molar-refractivity contribution in [2.45, 2.75) is 26.2 Å². The maximum Gasteiger partial charge on any atom is 0.137 e. The SMILES string of the molecule is Cc1cc2c(cc1CCN)oc1ccc(-c3c4ccccc4c(-c4ccc5c(c4)c4ccccc4c(=N)n5C4=CCCC=C4)c4ccccc34)cc12. The normalized spacial score (nSPS) is 13.3. The smallest absolute Gasteiger partial charge is 0.137 e. The predicted molar refractivity (Wildman–Crippen MR) is 219 cm³/mol. The van der Waals surface area contributed by atoms with Crippen molar-refractivity contribution in [2.24, 2.45) is 5.73 Å². The van der Waals surface area contributed by atoms with Crippen molar-refractivity contribution in [3.63, 3.8) is 0 Å². The molecule has 0 bridgehead atoms. The Labute approximate surface area is 301 Å². The lowest BCUT2D eigenvalue weighted by Gasteiger charge is -2.20. The van der Waals surface area contributed by atoms with Gasteiger partial charge in [0, 0.05) is 27.2 Å². The molecule has 9 aromatic rings. The van der Waals surface area contributed by atoms with Gasteiger partial charge in [-0.25, -0.2) is 0 Å². The van der Waals surface area contributed by atoms with Crippen LogP contribution in [0, 0.1) is 12.3 Å². The number of rotatable bonds is 5. The van der Waals surface area contributed by atoms with Crippen LogP contribution < -0.4 is 11.2 Å². The second-order valence-electron chi connectivity index (χ2n) is 14.0. The molecular formula is C48H37N3O. The Morgan fingerprint density at radius 3 is 1.85 bits per heavy atom. The van der Waals surface area contributed by atoms with Gasteiger partial charge in [-0.05, 0) is 136 Å². The molecule has 0 aliphatic heterocycles. The first-order valence-electron chi connectivity index (χ1n) is 18.2. The molecule has 250 valence electrons. The van der Waals surface area contributed by atoms with Crippen LogP contribution >= 0.6 is 0 Å². The van der Waals surface area contributed by atoms with Gasteiger partial charge in [0.2, 0.25) is 0 Å². The van der Waals surface area contributed by atoms with Gasteiger partial charge in [0.1, 0.15) is 16.7 Å². The van der Waals surface area contributed by atoms with E-state index in [9.17, 15) is 5.41 Å². The quantitative estimate of drug-likeness (QED) is 0.141. The van der Waals surface area contributed by atoms with Gasteiger partial charge in [0.05, 0.1) is 5.52 Å². The topological polar surface area (TPSA) is 67.9 Å². The number of benzene rings is 7. The van der Waals surface area contributed by atoms with Gasteiger partial charge in [-0.2, -0.15) is 0 Å². The van der Waals surface area contributed by atoms with Crippen molar-refractivity contribution in [1.29, 1.82) is 5.41 Å². The Bertz CT molecular complexity index is 3010. The summed E-state index contributed by atoms with van der Waals surface area (Å²) in [4.78, 5) is 0. The Hall–Kier alpha value is -6.23. The molecule has 10 rings (SSSR count). The predicted octanol–water partition coefficient (Wildman–Crippen LogP) is 11.8. The molecular weight excluding hydrogens is 635 g/mol. The summed E-state index contributed by atoms with van der Waals surface area (Å²) in [5.41, 5.74) is 17.6. The number of pyridine rings is 1. The maximum atomic E-state index is 9.30. The number of allylic oxidation sites excluding steroid dienone is 4. The fourth-order valence-electron chi connectivity index (χ4n) is 8.61. The number of furan rings is 1. The molecule has 0 saturated carbocycles. The third-order valence-electron chi connectivity index (χ3n) is 11.0. The first kappa shape index (κ1) is 30.6. The molecule has 1 aliphatic rings. The van der Waals surface area contributed by atoms with Gasteiger partial charge in [-0.3, -0.25) is 9.98 Å². The van der Waals surface area contributed by atoms with Crippen molar-refractivity contribution in [2.75, 3.05) is 6.54 Å². The third kappa shape index (κ3) is 4.61. The molecule has 1 aliphatic carbocycles. The van der Waals surface area contributed by atoms with Crippen molar-refractivity contribution >= 4 is 70.9 Å². The Morgan fingerprint density at radius 1 is 0.615 bits per heavy atom. The highest BCUT2D eigenvalue weighted by Crippen LogP contribution is 2.45. The van der Waals surface area contributed by atoms with Crippen molar-refractivity contribution in [3.05, 3.63) is 156 Å². The molecule has 0 saturated heterocycles. The van der Waals surface area contributed by atoms with E-state index in [1.54, 1.807) is 0 Å². The van der Waals surface area contributed by atoms with E-state index >= 15 is 0 Å². The standard InChI is InChI=1S/C48H37N3O/c1-29-25-41-42-27-32(20-22-44(42)52-45(41)28-30(29)23-24-49)47-37-16-8-6-14-35(37)46(36-15-7-9-17-38(36)47)31-19-21-43-40(26-31)34-13-5-10-18-39(34)48(50)51(43)33-11-3-2-4-12-33/h3,5-22,25-28,50H,2,4,23-24,49H2,1H3. The van der Waals surface area contributed by atoms with Crippen LogP contribution in [0.3, 0.4) is 0 Å². The minimum Gasteiger partial charge on any atom is -0.456 e. The van der Waals surface area contributed by atoms with Gasteiger partial charge >= 0.3 is 0 Å². The number of nitrogens with zero attached hydrogens (tertiary/aromatic N) is 1. The van der Waals surface area contributed by atoms with Crippen molar-refractivity contribution in [1.82, 2.24) is 4.57 Å². The van der Waals surface area contributed by atoms with Crippen molar-refractivity contribution in [3.8, 4) is 22.3 Å². The fourth-order valence-corrected chi connectivity index (χ4v) is 8.61. The van der Waals surface area contributed by atoms with E-state index in [-0.39, 0.29) is 0 Å². The molecule has 0 radical (unpaired) electrons. The van der Waals surface area contributed by atoms with E-state index in [1.807, 2.05) is 6.07 Å². The molecule has 7 aromatic carbocycles. The van der Waals surface area contributed by atoms with E-state index < -0.39 is 0 Å². The third-order valence-corrected chi connectivity index (χ3v) is 11.0. The highest BCUT2D eigenvalue weighted by Gasteiger charge is 2.20. The summed E-state index contributed by atoms with van der Waals surface area (Å²) in [5, 5.41) is 19.6. The Kier molecular flexibility index (Phi) is 7.02. The number of aromatic nitrogens is 1. The Morgan fingerprint density at radius 2 is 1.21 bits per heavy atom. The van der Waals surface area contributed by atoms with Crippen molar-refractivity contribution < 1.29 is 4.42 Å². The average molecular weight is 672 g/mol. The highest BCUT2D eigenvalue weighted by atomic mass is 16.3. The van der Waals surface area contributed by atoms with Crippen LogP contribution in [0.4, 0.5) is 0 Å². The number of nitrogens with one attached hydrogen (secondary N) is 1. The van der Waals surface area contributed by atoms with Gasteiger partial charge in [0.25, 0.3) is 0 Å². The van der Waals surface area contributed by atoms with E-state index in [2.05, 4.69) is 145 Å². The number of hydrogen-bond donors (Lipinski definition) is 2. The van der Waals surface area contributed by atoms with Crippen LogP contribution in [-0.2, 0) is 6.42 Å². The molecule has 4 heteroatoms. The van der Waals surface area contributed by atoms with Crippen LogP contribution in [0.1, 0.15) is 24.0 Å². The first-order chi connectivity index (χ1) is 25.6. The number of nitrogens with two attached hydrogens (primary N) is 1. The zero-order chi connectivity index (χ0) is 34.9. The molecule has 0 amide bonds. The number of aryl methyl sites for hydroxylation is 1.